The second-order valence-electron chi connectivity index (χ2n) is 5.92. The number of carbonyl (C=O) groups is 1. The van der Waals surface area contributed by atoms with Gasteiger partial charge in [-0.3, -0.25) is 9.69 Å². The number of nitrogens with zero attached hydrogens (tertiary/aromatic N) is 5. The lowest BCUT2D eigenvalue weighted by Crippen LogP contribution is -2.50. The molecule has 0 radical (unpaired) electrons. The average molecular weight is 347 g/mol. The summed E-state index contributed by atoms with van der Waals surface area (Å²) < 4.78 is 0. The van der Waals surface area contributed by atoms with Crippen LogP contribution < -0.4 is 0 Å². The van der Waals surface area contributed by atoms with Gasteiger partial charge in [0.25, 0.3) is 0 Å². The summed E-state index contributed by atoms with van der Waals surface area (Å²) in [6.45, 7) is 5.45. The van der Waals surface area contributed by atoms with Crippen molar-refractivity contribution in [2.75, 3.05) is 32.7 Å². The predicted octanol–water partition coefficient (Wildman–Crippen LogP) is 0.668. The maximum absolute atomic E-state index is 12.4. The van der Waals surface area contributed by atoms with E-state index in [2.05, 4.69) is 19.9 Å². The second kappa shape index (κ2) is 7.78. The summed E-state index contributed by atoms with van der Waals surface area (Å²) in [6.07, 6.45) is 3.34. The molecule has 0 aliphatic carbocycles. The van der Waals surface area contributed by atoms with Crippen LogP contribution in [0.1, 0.15) is 12.6 Å². The van der Waals surface area contributed by atoms with Gasteiger partial charge in [0, 0.05) is 50.5 Å². The van der Waals surface area contributed by atoms with Crippen LogP contribution in [0, 0.1) is 0 Å². The largest absolute Gasteiger partial charge is 0.392 e. The highest BCUT2D eigenvalue weighted by atomic mass is 32.1. The number of carbonyl (C=O) groups excluding carboxylic acids is 1. The third kappa shape index (κ3) is 4.34. The lowest BCUT2D eigenvalue weighted by molar-refractivity contribution is -0.132. The third-order valence-corrected chi connectivity index (χ3v) is 4.78. The number of thiazole rings is 1. The monoisotopic (exact) mass is 347 g/mol. The molecule has 0 saturated carbocycles. The van der Waals surface area contributed by atoms with E-state index >= 15 is 0 Å². The van der Waals surface area contributed by atoms with Gasteiger partial charge in [0.15, 0.2) is 10.8 Å². The molecule has 8 heteroatoms. The van der Waals surface area contributed by atoms with Crippen molar-refractivity contribution < 1.29 is 9.90 Å². The Kier molecular flexibility index (Phi) is 5.49. The highest BCUT2D eigenvalue weighted by molar-refractivity contribution is 7.13. The summed E-state index contributed by atoms with van der Waals surface area (Å²) in [5, 5.41) is 12.1. The molecule has 1 aliphatic rings. The quantitative estimate of drug-likeness (QED) is 0.856. The zero-order valence-corrected chi connectivity index (χ0v) is 14.4. The average Bonchev–Trinajstić information content (AvgIpc) is 3.04. The number of aromatic nitrogens is 3. The highest BCUT2D eigenvalue weighted by Crippen LogP contribution is 2.20. The first kappa shape index (κ1) is 16.9. The van der Waals surface area contributed by atoms with E-state index < -0.39 is 0 Å². The number of β-amino-alcohol motifs (C(OH)–C–C–N with tert-alkyl or cyclic N) is 1. The van der Waals surface area contributed by atoms with Gasteiger partial charge in [0.2, 0.25) is 5.91 Å². The summed E-state index contributed by atoms with van der Waals surface area (Å²) >= 11 is 1.46. The van der Waals surface area contributed by atoms with Crippen molar-refractivity contribution in [2.45, 2.75) is 19.4 Å². The third-order valence-electron chi connectivity index (χ3n) is 3.89. The van der Waals surface area contributed by atoms with Gasteiger partial charge in [-0.2, -0.15) is 0 Å². The Bertz CT molecular complexity index is 668. The molecule has 1 aliphatic heterocycles. The summed E-state index contributed by atoms with van der Waals surface area (Å²) in [5.41, 5.74) is 0.763. The molecule has 2 aromatic heterocycles. The maximum atomic E-state index is 12.4. The van der Waals surface area contributed by atoms with Crippen LogP contribution >= 0.6 is 11.3 Å². The number of rotatable bonds is 5. The highest BCUT2D eigenvalue weighted by Gasteiger charge is 2.22. The van der Waals surface area contributed by atoms with Crippen molar-refractivity contribution in [3.05, 3.63) is 29.5 Å². The van der Waals surface area contributed by atoms with E-state index in [4.69, 9.17) is 0 Å². The van der Waals surface area contributed by atoms with E-state index in [1.165, 1.54) is 11.3 Å². The number of aliphatic hydroxyl groups is 1. The van der Waals surface area contributed by atoms with Crippen LogP contribution in [0.4, 0.5) is 0 Å². The minimum Gasteiger partial charge on any atom is -0.392 e. The summed E-state index contributed by atoms with van der Waals surface area (Å²) in [7, 11) is 0. The van der Waals surface area contributed by atoms with Gasteiger partial charge < -0.3 is 10.0 Å². The molecule has 1 atom stereocenters. The molecule has 1 saturated heterocycles. The molecular formula is C16H21N5O2S. The SMILES string of the molecule is CC(O)CN1CCN(C(=O)Cc2csc(-c3ncccn3)n2)CC1. The van der Waals surface area contributed by atoms with Gasteiger partial charge in [-0.05, 0) is 13.0 Å². The fourth-order valence-corrected chi connectivity index (χ4v) is 3.49. The molecule has 0 bridgehead atoms. The molecule has 1 N–H and O–H groups in total. The first-order valence-corrected chi connectivity index (χ1v) is 8.90. The topological polar surface area (TPSA) is 82.5 Å². The smallest absolute Gasteiger partial charge is 0.228 e. The minimum absolute atomic E-state index is 0.0949. The van der Waals surface area contributed by atoms with Crippen LogP contribution in [0.5, 0.6) is 0 Å². The Morgan fingerprint density at radius 1 is 1.29 bits per heavy atom. The van der Waals surface area contributed by atoms with Gasteiger partial charge in [-0.15, -0.1) is 11.3 Å². The van der Waals surface area contributed by atoms with Crippen LogP contribution in [0.2, 0.25) is 0 Å². The molecule has 3 heterocycles. The van der Waals surface area contributed by atoms with Crippen LogP contribution in [0.15, 0.2) is 23.8 Å². The van der Waals surface area contributed by atoms with E-state index in [9.17, 15) is 9.90 Å². The van der Waals surface area contributed by atoms with Crippen molar-refractivity contribution in [1.29, 1.82) is 0 Å². The van der Waals surface area contributed by atoms with E-state index in [-0.39, 0.29) is 12.0 Å². The van der Waals surface area contributed by atoms with Crippen molar-refractivity contribution in [1.82, 2.24) is 24.8 Å². The molecule has 7 nitrogen and oxygen atoms in total. The Labute approximate surface area is 145 Å². The molecule has 0 spiro atoms. The van der Waals surface area contributed by atoms with E-state index in [1.807, 2.05) is 10.3 Å². The molecule has 128 valence electrons. The summed E-state index contributed by atoms with van der Waals surface area (Å²) in [5.74, 6) is 0.686. The zero-order chi connectivity index (χ0) is 16.9. The molecule has 1 unspecified atom stereocenters. The molecule has 1 fully saturated rings. The molecular weight excluding hydrogens is 326 g/mol. The number of piperazine rings is 1. The Morgan fingerprint density at radius 3 is 2.67 bits per heavy atom. The van der Waals surface area contributed by atoms with Gasteiger partial charge in [-0.1, -0.05) is 0 Å². The predicted molar refractivity (Wildman–Crippen MR) is 91.5 cm³/mol. The standard InChI is InChI=1S/C16H21N5O2S/c1-12(22)10-20-5-7-21(8-6-20)14(23)9-13-11-24-16(19-13)15-17-3-2-4-18-15/h2-4,11-12,22H,5-10H2,1H3. The molecule has 3 rings (SSSR count). The molecule has 0 aromatic carbocycles. The van der Waals surface area contributed by atoms with E-state index in [0.29, 0.717) is 31.9 Å². The van der Waals surface area contributed by atoms with Crippen molar-refractivity contribution in [2.24, 2.45) is 0 Å². The van der Waals surface area contributed by atoms with Crippen molar-refractivity contribution in [3.63, 3.8) is 0 Å². The molecule has 24 heavy (non-hydrogen) atoms. The van der Waals surface area contributed by atoms with Crippen LogP contribution in [0.3, 0.4) is 0 Å². The maximum Gasteiger partial charge on any atom is 0.228 e. The number of aliphatic hydroxyl groups excluding tert-OH is 1. The lowest BCUT2D eigenvalue weighted by Gasteiger charge is -2.35. The van der Waals surface area contributed by atoms with E-state index in [1.54, 1.807) is 25.4 Å². The number of hydrogen-bond donors (Lipinski definition) is 1. The fraction of sp³-hybridized carbons (Fsp3) is 0.500. The van der Waals surface area contributed by atoms with Crippen LogP contribution in [-0.2, 0) is 11.2 Å². The van der Waals surface area contributed by atoms with Crippen LogP contribution in [0.25, 0.3) is 10.8 Å². The van der Waals surface area contributed by atoms with Gasteiger partial charge in [-0.25, -0.2) is 15.0 Å². The lowest BCUT2D eigenvalue weighted by atomic mass is 10.2. The van der Waals surface area contributed by atoms with Crippen LogP contribution in [-0.4, -0.2) is 74.6 Å². The first-order chi connectivity index (χ1) is 11.6. The zero-order valence-electron chi connectivity index (χ0n) is 13.6. The van der Waals surface area contributed by atoms with Crippen molar-refractivity contribution >= 4 is 17.2 Å². The number of amides is 1. The second-order valence-corrected chi connectivity index (χ2v) is 6.78. The van der Waals surface area contributed by atoms with Gasteiger partial charge in [0.05, 0.1) is 18.2 Å². The molecule has 2 aromatic rings. The minimum atomic E-state index is -0.333. The first-order valence-electron chi connectivity index (χ1n) is 8.02. The summed E-state index contributed by atoms with van der Waals surface area (Å²) in [6, 6.07) is 1.76. The Morgan fingerprint density at radius 2 is 2.00 bits per heavy atom. The normalized spacial score (nSPS) is 17.0. The molecule has 1 amide bonds. The Balaban J connectivity index is 1.54. The van der Waals surface area contributed by atoms with Gasteiger partial charge in [0.1, 0.15) is 0 Å². The number of hydrogen-bond acceptors (Lipinski definition) is 7. The van der Waals surface area contributed by atoms with E-state index in [0.717, 1.165) is 23.8 Å². The Hall–Kier alpha value is -1.90. The fourth-order valence-electron chi connectivity index (χ4n) is 2.72. The van der Waals surface area contributed by atoms with Gasteiger partial charge >= 0.3 is 0 Å². The summed E-state index contributed by atoms with van der Waals surface area (Å²) in [4.78, 5) is 29.3. The van der Waals surface area contributed by atoms with Crippen molar-refractivity contribution in [3.8, 4) is 10.8 Å².